The first-order valence-corrected chi connectivity index (χ1v) is 12.1. The van der Waals surface area contributed by atoms with Crippen LogP contribution in [0.4, 0.5) is 10.1 Å². The average Bonchev–Trinajstić information content (AvgIpc) is 3.17. The number of nitrogens with one attached hydrogen (secondary N) is 3. The fourth-order valence-corrected chi connectivity index (χ4v) is 5.10. The van der Waals surface area contributed by atoms with Gasteiger partial charge in [0.2, 0.25) is 0 Å². The van der Waals surface area contributed by atoms with E-state index in [1.165, 1.54) is 44.2 Å². The first-order chi connectivity index (χ1) is 15.7. The highest BCUT2D eigenvalue weighted by atomic mass is 32.2. The fraction of sp³-hybridized carbons (Fsp3) is 0.0909. The number of H-pyrrole nitrogens is 2. The number of pyridine rings is 1. The Bertz CT molecular complexity index is 1710. The van der Waals surface area contributed by atoms with Gasteiger partial charge in [0, 0.05) is 41.3 Å². The van der Waals surface area contributed by atoms with E-state index >= 15 is 0 Å². The molecule has 3 N–H and O–H groups in total. The van der Waals surface area contributed by atoms with E-state index in [2.05, 4.69) is 14.7 Å². The fourth-order valence-electron chi connectivity index (χ4n) is 3.65. The van der Waals surface area contributed by atoms with Crippen LogP contribution in [0.1, 0.15) is 0 Å². The van der Waals surface area contributed by atoms with E-state index in [0.717, 1.165) is 9.20 Å². The van der Waals surface area contributed by atoms with Crippen LogP contribution in [0.2, 0.25) is 0 Å². The zero-order chi connectivity index (χ0) is 23.3. The van der Waals surface area contributed by atoms with Gasteiger partial charge < -0.3 is 9.97 Å². The second-order valence-electron chi connectivity index (χ2n) is 7.57. The van der Waals surface area contributed by atoms with Crippen molar-refractivity contribution in [3.05, 3.63) is 70.9 Å². The lowest BCUT2D eigenvalue weighted by atomic mass is 10.0. The van der Waals surface area contributed by atoms with Gasteiger partial charge in [-0.05, 0) is 42.5 Å². The first-order valence-electron chi connectivity index (χ1n) is 9.83. The summed E-state index contributed by atoms with van der Waals surface area (Å²) >= 11 is 1.31. The van der Waals surface area contributed by atoms with Gasteiger partial charge in [-0.2, -0.15) is 12.7 Å². The molecule has 33 heavy (non-hydrogen) atoms. The molecule has 3 aromatic carbocycles. The Hall–Kier alpha value is -3.41. The Morgan fingerprint density at radius 2 is 1.88 bits per heavy atom. The Kier molecular flexibility index (Phi) is 5.11. The molecule has 2 aromatic heterocycles. The lowest BCUT2D eigenvalue weighted by Gasteiger charge is -2.13. The number of aromatic amines is 2. The number of hydrogen-bond acceptors (Lipinski definition) is 5. The SMILES string of the molecule is CN(C)S(=O)(=O)Nc1cccc(Sc2nc3c4cc[nH]c(=O)c4c4cc(F)ccc4c3[nH]2)c1. The highest BCUT2D eigenvalue weighted by molar-refractivity contribution is 7.99. The van der Waals surface area contributed by atoms with Crippen molar-refractivity contribution in [2.75, 3.05) is 18.8 Å². The molecule has 0 unspecified atom stereocenters. The molecule has 0 saturated carbocycles. The molecule has 5 rings (SSSR count). The van der Waals surface area contributed by atoms with Crippen LogP contribution in [0.15, 0.2) is 69.6 Å². The smallest absolute Gasteiger partial charge is 0.301 e. The van der Waals surface area contributed by atoms with Crippen LogP contribution in [-0.4, -0.2) is 41.8 Å². The third kappa shape index (κ3) is 3.84. The van der Waals surface area contributed by atoms with Crippen LogP contribution in [0.3, 0.4) is 0 Å². The minimum atomic E-state index is -3.63. The van der Waals surface area contributed by atoms with Gasteiger partial charge in [-0.3, -0.25) is 9.52 Å². The number of imidazole rings is 1. The molecule has 0 bridgehead atoms. The summed E-state index contributed by atoms with van der Waals surface area (Å²) < 4.78 is 41.8. The summed E-state index contributed by atoms with van der Waals surface area (Å²) in [4.78, 5) is 23.9. The van der Waals surface area contributed by atoms with Crippen LogP contribution in [0.25, 0.3) is 32.6 Å². The molecule has 0 aliphatic heterocycles. The van der Waals surface area contributed by atoms with E-state index in [4.69, 9.17) is 4.98 Å². The molecule has 0 fully saturated rings. The second-order valence-corrected chi connectivity index (χ2v) is 10.5. The van der Waals surface area contributed by atoms with Gasteiger partial charge in [-0.1, -0.05) is 17.8 Å². The van der Waals surface area contributed by atoms with E-state index in [1.54, 1.807) is 30.3 Å². The van der Waals surface area contributed by atoms with Crippen LogP contribution in [0.5, 0.6) is 0 Å². The van der Waals surface area contributed by atoms with E-state index < -0.39 is 16.0 Å². The lowest BCUT2D eigenvalue weighted by molar-refractivity contribution is 0.527. The van der Waals surface area contributed by atoms with E-state index in [0.29, 0.717) is 43.4 Å². The molecule has 0 aliphatic carbocycles. The number of benzene rings is 3. The molecule has 0 radical (unpaired) electrons. The molecule has 8 nitrogen and oxygen atoms in total. The quantitative estimate of drug-likeness (QED) is 0.327. The summed E-state index contributed by atoms with van der Waals surface area (Å²) in [7, 11) is -0.739. The molecule has 5 aromatic rings. The normalized spacial score (nSPS) is 12.2. The molecule has 0 aliphatic rings. The standard InChI is InChI=1S/C22H18FN5O3S2/c1-28(2)33(30,31)27-13-4-3-5-14(11-13)32-22-25-19-15-7-6-12(23)10-17(15)18-16(20(19)26-22)8-9-24-21(18)29/h3-11,27H,1-2H3,(H,24,29)(H,25,26). The number of anilines is 1. The van der Waals surface area contributed by atoms with Gasteiger partial charge in [-0.25, -0.2) is 9.37 Å². The molecule has 0 saturated heterocycles. The van der Waals surface area contributed by atoms with Crippen molar-refractivity contribution in [1.29, 1.82) is 0 Å². The minimum absolute atomic E-state index is 0.317. The van der Waals surface area contributed by atoms with Gasteiger partial charge >= 0.3 is 10.2 Å². The number of aromatic nitrogens is 3. The average molecular weight is 484 g/mol. The van der Waals surface area contributed by atoms with Gasteiger partial charge in [0.05, 0.1) is 22.1 Å². The van der Waals surface area contributed by atoms with Gasteiger partial charge in [0.1, 0.15) is 5.82 Å². The zero-order valence-corrected chi connectivity index (χ0v) is 19.1. The molecule has 0 spiro atoms. The molecule has 168 valence electrons. The van der Waals surface area contributed by atoms with Gasteiger partial charge in [-0.15, -0.1) is 0 Å². The number of halogens is 1. The van der Waals surface area contributed by atoms with Gasteiger partial charge in [0.25, 0.3) is 5.56 Å². The topological polar surface area (TPSA) is 111 Å². The van der Waals surface area contributed by atoms with E-state index in [-0.39, 0.29) is 5.56 Å². The second kappa shape index (κ2) is 7.87. The summed E-state index contributed by atoms with van der Waals surface area (Å²) in [6.07, 6.45) is 1.54. The van der Waals surface area contributed by atoms with Crippen molar-refractivity contribution in [1.82, 2.24) is 19.3 Å². The maximum absolute atomic E-state index is 14.0. The highest BCUT2D eigenvalue weighted by Crippen LogP contribution is 2.36. The van der Waals surface area contributed by atoms with Crippen molar-refractivity contribution in [3.63, 3.8) is 0 Å². The van der Waals surface area contributed by atoms with Crippen LogP contribution >= 0.6 is 11.8 Å². The van der Waals surface area contributed by atoms with Crippen LogP contribution in [-0.2, 0) is 10.2 Å². The summed E-state index contributed by atoms with van der Waals surface area (Å²) in [5, 5.41) is 2.73. The maximum atomic E-state index is 14.0. The van der Waals surface area contributed by atoms with E-state index in [1.807, 2.05) is 6.07 Å². The largest absolute Gasteiger partial charge is 0.332 e. The molecular weight excluding hydrogens is 465 g/mol. The first kappa shape index (κ1) is 21.4. The molecule has 11 heteroatoms. The van der Waals surface area contributed by atoms with Crippen LogP contribution in [0, 0.1) is 5.82 Å². The molecule has 2 heterocycles. The van der Waals surface area contributed by atoms with Crippen LogP contribution < -0.4 is 10.3 Å². The van der Waals surface area contributed by atoms with Crippen molar-refractivity contribution in [3.8, 4) is 0 Å². The highest BCUT2D eigenvalue weighted by Gasteiger charge is 2.17. The number of rotatable bonds is 5. The maximum Gasteiger partial charge on any atom is 0.301 e. The number of hydrogen-bond donors (Lipinski definition) is 3. The van der Waals surface area contributed by atoms with Crippen molar-refractivity contribution in [2.24, 2.45) is 0 Å². The number of fused-ring (bicyclic) bond motifs is 6. The minimum Gasteiger partial charge on any atom is -0.332 e. The molecular formula is C22H18FN5O3S2. The summed E-state index contributed by atoms with van der Waals surface area (Å²) in [5.41, 5.74) is 1.39. The summed E-state index contributed by atoms with van der Waals surface area (Å²) in [6.45, 7) is 0. The Morgan fingerprint density at radius 3 is 2.67 bits per heavy atom. The molecule has 0 atom stereocenters. The van der Waals surface area contributed by atoms with Crippen molar-refractivity contribution < 1.29 is 12.8 Å². The van der Waals surface area contributed by atoms with E-state index in [9.17, 15) is 17.6 Å². The summed E-state index contributed by atoms with van der Waals surface area (Å²) in [6, 6.07) is 13.0. The number of nitrogens with zero attached hydrogens (tertiary/aromatic N) is 2. The van der Waals surface area contributed by atoms with Crippen molar-refractivity contribution >= 4 is 60.2 Å². The third-order valence-electron chi connectivity index (χ3n) is 5.19. The van der Waals surface area contributed by atoms with Crippen molar-refractivity contribution in [2.45, 2.75) is 10.1 Å². The lowest BCUT2D eigenvalue weighted by Crippen LogP contribution is -2.28. The van der Waals surface area contributed by atoms with Gasteiger partial charge in [0.15, 0.2) is 5.16 Å². The third-order valence-corrected chi connectivity index (χ3v) is 7.53. The Labute approximate surface area is 192 Å². The Balaban J connectivity index is 1.62. The zero-order valence-electron chi connectivity index (χ0n) is 17.5. The summed E-state index contributed by atoms with van der Waals surface area (Å²) in [5.74, 6) is -0.433. The monoisotopic (exact) mass is 483 g/mol. The predicted molar refractivity (Wildman–Crippen MR) is 128 cm³/mol. The molecule has 0 amide bonds. The Morgan fingerprint density at radius 1 is 1.06 bits per heavy atom. The predicted octanol–water partition coefficient (Wildman–Crippen LogP) is 4.07.